The third-order valence-corrected chi connectivity index (χ3v) is 3.25. The van der Waals surface area contributed by atoms with E-state index in [2.05, 4.69) is 17.3 Å². The van der Waals surface area contributed by atoms with Gasteiger partial charge in [0, 0.05) is 18.6 Å². The molecule has 17 heavy (non-hydrogen) atoms. The molecule has 2 unspecified atom stereocenters. The van der Waals surface area contributed by atoms with Gasteiger partial charge in [0.15, 0.2) is 0 Å². The summed E-state index contributed by atoms with van der Waals surface area (Å²) in [6, 6.07) is 0.383. The van der Waals surface area contributed by atoms with Gasteiger partial charge >= 0.3 is 0 Å². The van der Waals surface area contributed by atoms with Gasteiger partial charge in [-0.2, -0.15) is 5.10 Å². The average molecular weight is 257 g/mol. The molecule has 0 spiro atoms. The molecular weight excluding hydrogens is 240 g/mol. The first-order valence-electron chi connectivity index (χ1n) is 5.91. The molecule has 3 N–H and O–H groups in total. The minimum absolute atomic E-state index is 0.161. The molecule has 2 atom stereocenters. The highest BCUT2D eigenvalue weighted by atomic mass is 35.5. The van der Waals surface area contributed by atoms with Gasteiger partial charge in [0.05, 0.1) is 11.9 Å². The third kappa shape index (κ3) is 2.79. The van der Waals surface area contributed by atoms with Crippen molar-refractivity contribution in [2.75, 3.05) is 5.32 Å². The van der Waals surface area contributed by atoms with Crippen LogP contribution in [0, 0.1) is 0 Å². The van der Waals surface area contributed by atoms with Crippen LogP contribution in [0.1, 0.15) is 26.2 Å². The van der Waals surface area contributed by atoms with Crippen molar-refractivity contribution in [3.05, 3.63) is 21.6 Å². The summed E-state index contributed by atoms with van der Waals surface area (Å²) in [7, 11) is 0. The fraction of sp³-hybridized carbons (Fsp3) is 0.636. The van der Waals surface area contributed by atoms with Crippen LogP contribution in [0.2, 0.25) is 5.02 Å². The van der Waals surface area contributed by atoms with Crippen molar-refractivity contribution < 1.29 is 0 Å². The molecule has 0 radical (unpaired) electrons. The van der Waals surface area contributed by atoms with Crippen LogP contribution in [0.25, 0.3) is 0 Å². The lowest BCUT2D eigenvalue weighted by Gasteiger charge is -2.09. The lowest BCUT2D eigenvalue weighted by atomic mass is 10.3. The second-order valence-corrected chi connectivity index (χ2v) is 4.78. The predicted octanol–water partition coefficient (Wildman–Crippen LogP) is 1.21. The summed E-state index contributed by atoms with van der Waals surface area (Å²) in [5, 5.41) is 7.43. The first-order chi connectivity index (χ1) is 8.13. The van der Waals surface area contributed by atoms with Gasteiger partial charge in [-0.15, -0.1) is 0 Å². The summed E-state index contributed by atoms with van der Waals surface area (Å²) in [5.74, 6) is 0. The van der Waals surface area contributed by atoms with E-state index in [1.807, 2.05) is 0 Å². The van der Waals surface area contributed by atoms with E-state index in [-0.39, 0.29) is 22.7 Å². The predicted molar refractivity (Wildman–Crippen MR) is 68.4 cm³/mol. The van der Waals surface area contributed by atoms with Gasteiger partial charge in [0.25, 0.3) is 5.56 Å². The number of hydrogen-bond acceptors (Lipinski definition) is 4. The Bertz CT molecular complexity index is 459. The molecule has 6 heteroatoms. The van der Waals surface area contributed by atoms with Crippen molar-refractivity contribution in [3.8, 4) is 0 Å². The SMILES string of the molecule is CCCCn1ncc(NC2CC2N)c(Cl)c1=O. The number of aromatic nitrogens is 2. The van der Waals surface area contributed by atoms with E-state index in [0.29, 0.717) is 12.2 Å². The van der Waals surface area contributed by atoms with E-state index in [9.17, 15) is 4.79 Å². The summed E-state index contributed by atoms with van der Waals surface area (Å²) in [6.45, 7) is 2.68. The van der Waals surface area contributed by atoms with E-state index in [1.165, 1.54) is 4.68 Å². The molecule has 0 amide bonds. The normalized spacial score (nSPS) is 22.5. The number of nitrogens with two attached hydrogens (primary N) is 1. The number of anilines is 1. The number of nitrogens with zero attached hydrogens (tertiary/aromatic N) is 2. The average Bonchev–Trinajstić information content (AvgIpc) is 3.00. The van der Waals surface area contributed by atoms with Crippen molar-refractivity contribution in [2.45, 2.75) is 44.8 Å². The summed E-state index contributed by atoms with van der Waals surface area (Å²) >= 11 is 6.02. The Labute approximate surface area is 105 Å². The zero-order chi connectivity index (χ0) is 12.4. The van der Waals surface area contributed by atoms with Gasteiger partial charge in [0.1, 0.15) is 5.02 Å². The molecule has 94 valence electrons. The molecule has 1 aromatic rings. The smallest absolute Gasteiger partial charge is 0.287 e. The second-order valence-electron chi connectivity index (χ2n) is 4.40. The summed E-state index contributed by atoms with van der Waals surface area (Å²) in [6.07, 6.45) is 4.45. The maximum absolute atomic E-state index is 11.9. The quantitative estimate of drug-likeness (QED) is 0.831. The molecule has 1 aliphatic carbocycles. The van der Waals surface area contributed by atoms with E-state index >= 15 is 0 Å². The molecular formula is C11H17ClN4O. The van der Waals surface area contributed by atoms with E-state index in [4.69, 9.17) is 17.3 Å². The summed E-state index contributed by atoms with van der Waals surface area (Å²) in [5.41, 5.74) is 6.04. The molecule has 1 aliphatic rings. The maximum Gasteiger partial charge on any atom is 0.287 e. The minimum Gasteiger partial charge on any atom is -0.378 e. The van der Waals surface area contributed by atoms with E-state index < -0.39 is 0 Å². The number of aryl methyl sites for hydroxylation is 1. The number of hydrogen-bond donors (Lipinski definition) is 2. The van der Waals surface area contributed by atoms with Crippen LogP contribution in [0.4, 0.5) is 5.69 Å². The molecule has 1 fully saturated rings. The largest absolute Gasteiger partial charge is 0.378 e. The molecule has 0 saturated heterocycles. The highest BCUT2D eigenvalue weighted by Crippen LogP contribution is 2.26. The van der Waals surface area contributed by atoms with Crippen LogP contribution in [0.5, 0.6) is 0 Å². The van der Waals surface area contributed by atoms with Crippen LogP contribution in [-0.4, -0.2) is 21.9 Å². The van der Waals surface area contributed by atoms with E-state index in [1.54, 1.807) is 6.20 Å². The number of rotatable bonds is 5. The molecule has 0 bridgehead atoms. The van der Waals surface area contributed by atoms with Gasteiger partial charge < -0.3 is 11.1 Å². The van der Waals surface area contributed by atoms with Gasteiger partial charge in [0.2, 0.25) is 0 Å². The van der Waals surface area contributed by atoms with Crippen LogP contribution < -0.4 is 16.6 Å². The monoisotopic (exact) mass is 256 g/mol. The molecule has 0 aliphatic heterocycles. The van der Waals surface area contributed by atoms with Crippen LogP contribution >= 0.6 is 11.6 Å². The topological polar surface area (TPSA) is 72.9 Å². The third-order valence-electron chi connectivity index (χ3n) is 2.89. The number of unbranched alkanes of at least 4 members (excludes halogenated alkanes) is 1. The zero-order valence-corrected chi connectivity index (χ0v) is 10.6. The standard InChI is InChI=1S/C11H17ClN4O/c1-2-3-4-16-11(17)10(12)9(6-14-16)15-8-5-7(8)13/h6-8,15H,2-5,13H2,1H3. The van der Waals surface area contributed by atoms with Crippen molar-refractivity contribution in [1.82, 2.24) is 9.78 Å². The highest BCUT2D eigenvalue weighted by molar-refractivity contribution is 6.32. The van der Waals surface area contributed by atoms with Crippen molar-refractivity contribution >= 4 is 17.3 Å². The number of halogens is 1. The summed E-state index contributed by atoms with van der Waals surface area (Å²) in [4.78, 5) is 11.9. The van der Waals surface area contributed by atoms with Crippen molar-refractivity contribution in [1.29, 1.82) is 0 Å². The molecule has 1 heterocycles. The lowest BCUT2D eigenvalue weighted by Crippen LogP contribution is -2.25. The Balaban J connectivity index is 2.14. The maximum atomic E-state index is 11.9. The van der Waals surface area contributed by atoms with Crippen molar-refractivity contribution in [3.63, 3.8) is 0 Å². The fourth-order valence-corrected chi connectivity index (χ4v) is 1.81. The van der Waals surface area contributed by atoms with Crippen molar-refractivity contribution in [2.24, 2.45) is 5.73 Å². The Morgan fingerprint density at radius 3 is 3.00 bits per heavy atom. The molecule has 2 rings (SSSR count). The molecule has 1 aromatic heterocycles. The summed E-state index contributed by atoms with van der Waals surface area (Å²) < 4.78 is 1.41. The lowest BCUT2D eigenvalue weighted by molar-refractivity contribution is 0.543. The van der Waals surface area contributed by atoms with Gasteiger partial charge in [-0.1, -0.05) is 24.9 Å². The first kappa shape index (κ1) is 12.4. The van der Waals surface area contributed by atoms with Gasteiger partial charge in [-0.3, -0.25) is 4.79 Å². The second kappa shape index (κ2) is 5.06. The first-order valence-corrected chi connectivity index (χ1v) is 6.29. The minimum atomic E-state index is -0.237. The van der Waals surface area contributed by atoms with Crippen LogP contribution in [-0.2, 0) is 6.54 Å². The van der Waals surface area contributed by atoms with Gasteiger partial charge in [-0.05, 0) is 12.8 Å². The zero-order valence-electron chi connectivity index (χ0n) is 9.82. The molecule has 1 saturated carbocycles. The Morgan fingerprint density at radius 1 is 1.71 bits per heavy atom. The Hall–Kier alpha value is -1.07. The number of nitrogens with one attached hydrogen (secondary N) is 1. The Morgan fingerprint density at radius 2 is 2.41 bits per heavy atom. The van der Waals surface area contributed by atoms with E-state index in [0.717, 1.165) is 19.3 Å². The fourth-order valence-electron chi connectivity index (χ4n) is 1.61. The van der Waals surface area contributed by atoms with Crippen LogP contribution in [0.3, 0.4) is 0 Å². The molecule has 0 aromatic carbocycles. The van der Waals surface area contributed by atoms with Crippen LogP contribution in [0.15, 0.2) is 11.0 Å². The van der Waals surface area contributed by atoms with Gasteiger partial charge in [-0.25, -0.2) is 4.68 Å². The Kier molecular flexibility index (Phi) is 3.69. The highest BCUT2D eigenvalue weighted by Gasteiger charge is 2.34. The molecule has 5 nitrogen and oxygen atoms in total.